The number of carbonyl (C=O) groups is 1. The molecule has 0 aromatic carbocycles. The summed E-state index contributed by atoms with van der Waals surface area (Å²) < 4.78 is 0. The summed E-state index contributed by atoms with van der Waals surface area (Å²) in [5.41, 5.74) is 0. The van der Waals surface area contributed by atoms with Crippen molar-refractivity contribution in [2.75, 3.05) is 19.8 Å². The highest BCUT2D eigenvalue weighted by atomic mass is 32.2. The molecule has 3 atom stereocenters. The highest BCUT2D eigenvalue weighted by Gasteiger charge is 2.29. The molecule has 0 saturated heterocycles. The summed E-state index contributed by atoms with van der Waals surface area (Å²) in [6, 6.07) is 0.460. The summed E-state index contributed by atoms with van der Waals surface area (Å²) in [5, 5.41) is 4.18. The third-order valence-corrected chi connectivity index (χ3v) is 4.43. The van der Waals surface area contributed by atoms with Crippen molar-refractivity contribution in [2.24, 2.45) is 0 Å². The van der Waals surface area contributed by atoms with Gasteiger partial charge in [-0.25, -0.2) is 0 Å². The number of rotatable bonds is 5. The number of nitrogens with zero attached hydrogens (tertiary/aromatic N) is 1. The molecule has 3 unspecified atom stereocenters. The van der Waals surface area contributed by atoms with Gasteiger partial charge in [0.05, 0.1) is 6.04 Å². The molecule has 94 valence electrons. The normalized spacial score (nSPS) is 26.8. The number of nitrogens with one attached hydrogen (secondary N) is 1. The zero-order chi connectivity index (χ0) is 12.1. The first kappa shape index (κ1) is 13.8. The van der Waals surface area contributed by atoms with Gasteiger partial charge in [-0.1, -0.05) is 13.3 Å². The van der Waals surface area contributed by atoms with E-state index in [9.17, 15) is 4.79 Å². The molecule has 0 aromatic heterocycles. The van der Waals surface area contributed by atoms with Crippen LogP contribution in [0.4, 0.5) is 0 Å². The largest absolute Gasteiger partial charge is 0.347 e. The second kappa shape index (κ2) is 6.50. The Kier molecular flexibility index (Phi) is 5.62. The van der Waals surface area contributed by atoms with Gasteiger partial charge in [-0.15, -0.1) is 0 Å². The van der Waals surface area contributed by atoms with Gasteiger partial charge in [0.15, 0.2) is 0 Å². The Bertz CT molecular complexity index is 233. The van der Waals surface area contributed by atoms with E-state index in [0.29, 0.717) is 11.3 Å². The molecule has 0 aliphatic heterocycles. The minimum Gasteiger partial charge on any atom is -0.347 e. The summed E-state index contributed by atoms with van der Waals surface area (Å²) in [5.74, 6) is 1.34. The van der Waals surface area contributed by atoms with E-state index in [1.165, 1.54) is 25.0 Å². The Morgan fingerprint density at radius 3 is 2.75 bits per heavy atom. The number of carbonyl (C=O) groups excluding carboxylic acids is 1. The Morgan fingerprint density at radius 1 is 1.50 bits per heavy atom. The Balaban J connectivity index is 2.43. The molecule has 1 fully saturated rings. The van der Waals surface area contributed by atoms with Crippen molar-refractivity contribution in [2.45, 2.75) is 50.4 Å². The zero-order valence-electron chi connectivity index (χ0n) is 10.8. The van der Waals surface area contributed by atoms with Crippen LogP contribution in [0, 0.1) is 0 Å². The molecule has 3 nitrogen and oxygen atoms in total. The molecular weight excluding hydrogens is 220 g/mol. The van der Waals surface area contributed by atoms with Crippen LogP contribution in [0.5, 0.6) is 0 Å². The monoisotopic (exact) mass is 244 g/mol. The van der Waals surface area contributed by atoms with Crippen LogP contribution >= 0.6 is 11.8 Å². The van der Waals surface area contributed by atoms with Gasteiger partial charge >= 0.3 is 0 Å². The van der Waals surface area contributed by atoms with Crippen LogP contribution < -0.4 is 5.32 Å². The van der Waals surface area contributed by atoms with Crippen LogP contribution in [-0.4, -0.2) is 48.0 Å². The van der Waals surface area contributed by atoms with Crippen LogP contribution in [0.15, 0.2) is 0 Å². The summed E-state index contributed by atoms with van der Waals surface area (Å²) in [6.45, 7) is 4.17. The lowest BCUT2D eigenvalue weighted by Crippen LogP contribution is -2.48. The summed E-state index contributed by atoms with van der Waals surface area (Å²) >= 11 is 2.02. The molecule has 0 radical (unpaired) electrons. The maximum absolute atomic E-state index is 11.8. The molecule has 0 spiro atoms. The molecule has 1 N–H and O–H groups in total. The quantitative estimate of drug-likeness (QED) is 0.799. The van der Waals surface area contributed by atoms with Crippen LogP contribution in [0.25, 0.3) is 0 Å². The second-order valence-electron chi connectivity index (χ2n) is 4.65. The Labute approximate surface area is 103 Å². The number of amides is 1. The molecule has 1 aliphatic rings. The van der Waals surface area contributed by atoms with E-state index < -0.39 is 0 Å². The molecule has 0 bridgehead atoms. The third-order valence-electron chi connectivity index (χ3n) is 3.11. The van der Waals surface area contributed by atoms with Crippen LogP contribution in [-0.2, 0) is 4.79 Å². The average Bonchev–Trinajstić information content (AvgIpc) is 2.65. The van der Waals surface area contributed by atoms with Gasteiger partial charge in [0.25, 0.3) is 0 Å². The summed E-state index contributed by atoms with van der Waals surface area (Å²) in [6.07, 6.45) is 3.79. The predicted octanol–water partition coefficient (Wildman–Crippen LogP) is 1.73. The smallest absolute Gasteiger partial charge is 0.238 e. The van der Waals surface area contributed by atoms with Gasteiger partial charge in [-0.3, -0.25) is 4.79 Å². The lowest BCUT2D eigenvalue weighted by Gasteiger charge is -2.25. The van der Waals surface area contributed by atoms with Crippen LogP contribution in [0.1, 0.15) is 33.1 Å². The van der Waals surface area contributed by atoms with Crippen molar-refractivity contribution in [1.29, 1.82) is 0 Å². The molecule has 1 saturated carbocycles. The van der Waals surface area contributed by atoms with Crippen molar-refractivity contribution in [3.05, 3.63) is 0 Å². The van der Waals surface area contributed by atoms with E-state index in [1.54, 1.807) is 4.90 Å². The highest BCUT2D eigenvalue weighted by Crippen LogP contribution is 2.30. The summed E-state index contributed by atoms with van der Waals surface area (Å²) in [4.78, 5) is 13.4. The number of likely N-dealkylation sites (N-methyl/N-ethyl adjacent to an activating group) is 1. The first-order valence-electron chi connectivity index (χ1n) is 6.15. The molecule has 0 heterocycles. The second-order valence-corrected chi connectivity index (χ2v) is 6.17. The fourth-order valence-corrected chi connectivity index (χ4v) is 3.52. The lowest BCUT2D eigenvalue weighted by molar-refractivity contribution is -0.130. The van der Waals surface area contributed by atoms with E-state index in [2.05, 4.69) is 12.2 Å². The maximum Gasteiger partial charge on any atom is 0.238 e. The van der Waals surface area contributed by atoms with Gasteiger partial charge in [-0.2, -0.15) is 11.8 Å². The number of hydrogen-bond donors (Lipinski definition) is 1. The van der Waals surface area contributed by atoms with E-state index in [4.69, 9.17) is 0 Å². The van der Waals surface area contributed by atoms with Gasteiger partial charge in [0.2, 0.25) is 5.91 Å². The molecule has 1 rings (SSSR count). The van der Waals surface area contributed by atoms with Gasteiger partial charge in [0, 0.05) is 25.4 Å². The fraction of sp³-hybridized carbons (Fsp3) is 0.917. The van der Waals surface area contributed by atoms with Crippen molar-refractivity contribution in [1.82, 2.24) is 10.2 Å². The minimum atomic E-state index is -0.0574. The fourth-order valence-electron chi connectivity index (χ4n) is 2.31. The molecule has 4 heteroatoms. The summed E-state index contributed by atoms with van der Waals surface area (Å²) in [7, 11) is 3.63. The zero-order valence-corrected chi connectivity index (χ0v) is 11.6. The van der Waals surface area contributed by atoms with Crippen molar-refractivity contribution in [3.8, 4) is 0 Å². The maximum atomic E-state index is 11.8. The van der Waals surface area contributed by atoms with Crippen molar-refractivity contribution in [3.63, 3.8) is 0 Å². The lowest BCUT2D eigenvalue weighted by atomic mass is 10.2. The first-order valence-corrected chi connectivity index (χ1v) is 7.20. The van der Waals surface area contributed by atoms with Crippen LogP contribution in [0.2, 0.25) is 0 Å². The molecule has 0 aromatic rings. The molecule has 1 aliphatic carbocycles. The number of hydrogen-bond acceptors (Lipinski definition) is 3. The average molecular weight is 244 g/mol. The third kappa shape index (κ3) is 3.67. The Morgan fingerprint density at radius 2 is 2.19 bits per heavy atom. The predicted molar refractivity (Wildman–Crippen MR) is 70.9 cm³/mol. The van der Waals surface area contributed by atoms with Gasteiger partial charge < -0.3 is 10.2 Å². The minimum absolute atomic E-state index is 0.0574. The highest BCUT2D eigenvalue weighted by molar-refractivity contribution is 7.99. The van der Waals surface area contributed by atoms with E-state index in [0.717, 1.165) is 0 Å². The van der Waals surface area contributed by atoms with E-state index >= 15 is 0 Å². The molecule has 1 amide bonds. The SMILES string of the molecule is CCSC1CCCC1NC(C)C(=O)N(C)C. The van der Waals surface area contributed by atoms with Crippen molar-refractivity contribution < 1.29 is 4.79 Å². The van der Waals surface area contributed by atoms with E-state index in [-0.39, 0.29) is 11.9 Å². The van der Waals surface area contributed by atoms with Gasteiger partial charge in [0.1, 0.15) is 0 Å². The Hall–Kier alpha value is -0.220. The molecule has 16 heavy (non-hydrogen) atoms. The standard InChI is InChI=1S/C12H24N2OS/c1-5-16-11-8-6-7-10(11)13-9(2)12(15)14(3)4/h9-11,13H,5-8H2,1-4H3. The molecular formula is C12H24N2OS. The van der Waals surface area contributed by atoms with Gasteiger partial charge in [-0.05, 0) is 25.5 Å². The number of thioether (sulfide) groups is 1. The van der Waals surface area contributed by atoms with Crippen molar-refractivity contribution >= 4 is 17.7 Å². The first-order chi connectivity index (χ1) is 7.56. The van der Waals surface area contributed by atoms with E-state index in [1.807, 2.05) is 32.8 Å². The topological polar surface area (TPSA) is 32.3 Å². The van der Waals surface area contributed by atoms with Crippen LogP contribution in [0.3, 0.4) is 0 Å².